The van der Waals surface area contributed by atoms with E-state index in [1.54, 1.807) is 16.6 Å². The number of nitrogens with zero attached hydrogens (tertiary/aromatic N) is 1. The van der Waals surface area contributed by atoms with Gasteiger partial charge in [0.1, 0.15) is 0 Å². The average Bonchev–Trinajstić information content (AvgIpc) is 2.93. The van der Waals surface area contributed by atoms with Gasteiger partial charge in [0.25, 0.3) is 0 Å². The van der Waals surface area contributed by atoms with Crippen molar-refractivity contribution in [3.05, 3.63) is 18.0 Å². The van der Waals surface area contributed by atoms with Gasteiger partial charge in [-0.3, -0.25) is 0 Å². The molecule has 1 aliphatic heterocycles. The summed E-state index contributed by atoms with van der Waals surface area (Å²) in [4.78, 5) is 3.40. The lowest BCUT2D eigenvalue weighted by Gasteiger charge is -2.18. The number of H-pyrrole nitrogens is 1. The molecule has 0 aliphatic carbocycles. The largest absolute Gasteiger partial charge is 0.363 e. The van der Waals surface area contributed by atoms with Gasteiger partial charge in [0.15, 0.2) is 0 Å². The van der Waals surface area contributed by atoms with Gasteiger partial charge in [0.05, 0.1) is 4.90 Å². The van der Waals surface area contributed by atoms with Gasteiger partial charge in [-0.2, -0.15) is 4.31 Å². The van der Waals surface area contributed by atoms with Crippen LogP contribution >= 0.6 is 0 Å². The molecule has 1 saturated heterocycles. The molecule has 0 bridgehead atoms. The van der Waals surface area contributed by atoms with Crippen LogP contribution in [0.3, 0.4) is 0 Å². The molecule has 2 N–H and O–H groups in total. The zero-order chi connectivity index (χ0) is 14.1. The van der Waals surface area contributed by atoms with Crippen molar-refractivity contribution >= 4 is 10.0 Å². The summed E-state index contributed by atoms with van der Waals surface area (Å²) >= 11 is 0. The van der Waals surface area contributed by atoms with E-state index in [0.717, 1.165) is 18.7 Å². The van der Waals surface area contributed by atoms with Crippen LogP contribution in [0.5, 0.6) is 0 Å². The maximum absolute atomic E-state index is 12.5. The first-order valence-corrected chi connectivity index (χ1v) is 8.17. The van der Waals surface area contributed by atoms with Gasteiger partial charge < -0.3 is 10.3 Å². The minimum Gasteiger partial charge on any atom is -0.363 e. The summed E-state index contributed by atoms with van der Waals surface area (Å²) < 4.78 is 26.6. The summed E-state index contributed by atoms with van der Waals surface area (Å²) in [5.74, 6) is 0. The van der Waals surface area contributed by atoms with Gasteiger partial charge in [-0.25, -0.2) is 8.42 Å². The highest BCUT2D eigenvalue weighted by atomic mass is 32.2. The van der Waals surface area contributed by atoms with Gasteiger partial charge >= 0.3 is 0 Å². The molecule has 0 radical (unpaired) electrons. The molecule has 0 saturated carbocycles. The highest BCUT2D eigenvalue weighted by Gasteiger charge is 2.37. The lowest BCUT2D eigenvalue weighted by molar-refractivity contribution is 0.375. The quantitative estimate of drug-likeness (QED) is 0.862. The van der Waals surface area contributed by atoms with E-state index in [1.165, 1.54) is 0 Å². The van der Waals surface area contributed by atoms with Gasteiger partial charge in [0.2, 0.25) is 10.0 Å². The summed E-state index contributed by atoms with van der Waals surface area (Å²) in [7, 11) is -3.34. The molecule has 0 amide bonds. The van der Waals surface area contributed by atoms with Crippen molar-refractivity contribution < 1.29 is 8.42 Å². The van der Waals surface area contributed by atoms with E-state index in [1.807, 2.05) is 6.92 Å². The Hall–Kier alpha value is -0.850. The number of aromatic nitrogens is 1. The lowest BCUT2D eigenvalue weighted by Crippen LogP contribution is -2.30. The second-order valence-electron chi connectivity index (χ2n) is 5.89. The number of aromatic amines is 1. The smallest absolute Gasteiger partial charge is 0.244 e. The first-order valence-electron chi connectivity index (χ1n) is 6.73. The summed E-state index contributed by atoms with van der Waals surface area (Å²) in [6.07, 6.45) is 2.51. The van der Waals surface area contributed by atoms with Gasteiger partial charge in [0, 0.05) is 31.5 Å². The van der Waals surface area contributed by atoms with Crippen LogP contribution in [0.1, 0.15) is 32.9 Å². The van der Waals surface area contributed by atoms with Crippen LogP contribution in [0, 0.1) is 5.41 Å². The lowest BCUT2D eigenvalue weighted by atomic mass is 9.93. The van der Waals surface area contributed by atoms with Crippen LogP contribution < -0.4 is 5.32 Å². The van der Waals surface area contributed by atoms with E-state index >= 15 is 0 Å². The Kier molecular flexibility index (Phi) is 4.03. The summed E-state index contributed by atoms with van der Waals surface area (Å²) in [6, 6.07) is 1.73. The number of hydrogen-bond acceptors (Lipinski definition) is 3. The Morgan fingerprint density at radius 1 is 1.47 bits per heavy atom. The molecule has 5 nitrogen and oxygen atoms in total. The van der Waals surface area contributed by atoms with Crippen molar-refractivity contribution in [2.75, 3.05) is 19.6 Å². The van der Waals surface area contributed by atoms with E-state index in [-0.39, 0.29) is 5.41 Å². The minimum atomic E-state index is -3.34. The molecular formula is C13H23N3O2S. The summed E-state index contributed by atoms with van der Waals surface area (Å²) in [5, 5.41) is 3.17. The van der Waals surface area contributed by atoms with E-state index in [4.69, 9.17) is 0 Å². The van der Waals surface area contributed by atoms with Crippen LogP contribution in [-0.4, -0.2) is 37.3 Å². The van der Waals surface area contributed by atoms with Crippen molar-refractivity contribution in [1.29, 1.82) is 0 Å². The molecule has 1 fully saturated rings. The van der Waals surface area contributed by atoms with Crippen LogP contribution in [0.15, 0.2) is 17.2 Å². The third-order valence-corrected chi connectivity index (χ3v) is 5.38. The fourth-order valence-corrected chi connectivity index (χ4v) is 3.99. The van der Waals surface area contributed by atoms with Gasteiger partial charge in [-0.05, 0) is 24.4 Å². The minimum absolute atomic E-state index is 0.0793. The summed E-state index contributed by atoms with van der Waals surface area (Å²) in [6.45, 7) is 8.98. The maximum atomic E-state index is 12.5. The molecule has 0 aromatic carbocycles. The van der Waals surface area contributed by atoms with Crippen molar-refractivity contribution in [2.45, 2.75) is 38.6 Å². The van der Waals surface area contributed by atoms with E-state index in [9.17, 15) is 8.42 Å². The fraction of sp³-hybridized carbons (Fsp3) is 0.692. The van der Waals surface area contributed by atoms with Crippen LogP contribution in [0.25, 0.3) is 0 Å². The molecule has 6 heteroatoms. The Morgan fingerprint density at radius 2 is 2.21 bits per heavy atom. The standard InChI is InChI=1S/C13H23N3O2S/c1-4-14-8-11-7-12(9-15-11)19(17,18)16-6-5-13(2,3)10-16/h7,9,14-15H,4-6,8,10H2,1-3H3. The Balaban J connectivity index is 2.14. The predicted molar refractivity (Wildman–Crippen MR) is 75.3 cm³/mol. The van der Waals surface area contributed by atoms with E-state index < -0.39 is 10.0 Å². The monoisotopic (exact) mass is 285 g/mol. The highest BCUT2D eigenvalue weighted by Crippen LogP contribution is 2.32. The first-order chi connectivity index (χ1) is 8.85. The fourth-order valence-electron chi connectivity index (χ4n) is 2.35. The molecule has 2 rings (SSSR count). The molecule has 1 aromatic heterocycles. The summed E-state index contributed by atoms with van der Waals surface area (Å²) in [5.41, 5.74) is 0.981. The van der Waals surface area contributed by atoms with Gasteiger partial charge in [-0.15, -0.1) is 0 Å². The molecular weight excluding hydrogens is 262 g/mol. The molecule has 108 valence electrons. The topological polar surface area (TPSA) is 65.2 Å². The van der Waals surface area contributed by atoms with Crippen LogP contribution in [0.2, 0.25) is 0 Å². The Morgan fingerprint density at radius 3 is 2.79 bits per heavy atom. The van der Waals surface area contributed by atoms with Crippen LogP contribution in [-0.2, 0) is 16.6 Å². The Labute approximate surface area is 115 Å². The molecule has 19 heavy (non-hydrogen) atoms. The van der Waals surface area contributed by atoms with Gasteiger partial charge in [-0.1, -0.05) is 20.8 Å². The molecule has 2 heterocycles. The molecule has 1 aromatic rings. The van der Waals surface area contributed by atoms with Crippen molar-refractivity contribution in [3.63, 3.8) is 0 Å². The number of sulfonamides is 1. The van der Waals surface area contributed by atoms with Crippen LogP contribution in [0.4, 0.5) is 0 Å². The molecule has 1 aliphatic rings. The predicted octanol–water partition coefficient (Wildman–Crippen LogP) is 1.54. The molecule has 0 atom stereocenters. The zero-order valence-electron chi connectivity index (χ0n) is 11.9. The number of nitrogens with one attached hydrogen (secondary N) is 2. The average molecular weight is 285 g/mol. The molecule has 0 spiro atoms. The highest BCUT2D eigenvalue weighted by molar-refractivity contribution is 7.89. The maximum Gasteiger partial charge on any atom is 0.244 e. The third kappa shape index (κ3) is 3.19. The van der Waals surface area contributed by atoms with Crippen molar-refractivity contribution in [3.8, 4) is 0 Å². The first kappa shape index (κ1) is 14.6. The second kappa shape index (κ2) is 5.26. The van der Waals surface area contributed by atoms with E-state index in [2.05, 4.69) is 24.1 Å². The Bertz CT molecular complexity index is 534. The van der Waals surface area contributed by atoms with Crippen molar-refractivity contribution in [2.24, 2.45) is 5.41 Å². The SMILES string of the molecule is CCNCc1cc(S(=O)(=O)N2CCC(C)(C)C2)c[nH]1. The third-order valence-electron chi connectivity index (χ3n) is 3.56. The zero-order valence-corrected chi connectivity index (χ0v) is 12.7. The van der Waals surface area contributed by atoms with Crippen molar-refractivity contribution in [1.82, 2.24) is 14.6 Å². The second-order valence-corrected chi connectivity index (χ2v) is 7.83. The normalized spacial score (nSPS) is 19.9. The molecule has 0 unspecified atom stereocenters. The van der Waals surface area contributed by atoms with E-state index in [0.29, 0.717) is 24.5 Å². The number of rotatable bonds is 5. The number of hydrogen-bond donors (Lipinski definition) is 2.